The van der Waals surface area contributed by atoms with Crippen molar-refractivity contribution in [3.63, 3.8) is 0 Å². The Morgan fingerprint density at radius 3 is 2.29 bits per heavy atom. The predicted molar refractivity (Wildman–Crippen MR) is 87.2 cm³/mol. The van der Waals surface area contributed by atoms with E-state index in [-0.39, 0.29) is 5.91 Å². The number of hydrogen-bond acceptors (Lipinski definition) is 2. The van der Waals surface area contributed by atoms with Gasteiger partial charge in [-0.3, -0.25) is 4.79 Å². The van der Waals surface area contributed by atoms with E-state index in [1.807, 2.05) is 42.5 Å². The topological polar surface area (TPSA) is 55.1 Å². The molecular formula is C18H22N2O. The van der Waals surface area contributed by atoms with Crippen LogP contribution in [0.5, 0.6) is 0 Å². The van der Waals surface area contributed by atoms with E-state index in [4.69, 9.17) is 5.73 Å². The molecule has 0 atom stereocenters. The van der Waals surface area contributed by atoms with Gasteiger partial charge in [-0.2, -0.15) is 0 Å². The Morgan fingerprint density at radius 1 is 1.05 bits per heavy atom. The number of nitrogens with one attached hydrogen (secondary N) is 1. The first-order valence-corrected chi connectivity index (χ1v) is 7.27. The summed E-state index contributed by atoms with van der Waals surface area (Å²) in [4.78, 5) is 12.2. The van der Waals surface area contributed by atoms with Crippen LogP contribution in [0.2, 0.25) is 0 Å². The number of hydrogen-bond donors (Lipinski definition) is 2. The molecule has 2 aromatic rings. The van der Waals surface area contributed by atoms with Crippen molar-refractivity contribution >= 4 is 11.6 Å². The minimum absolute atomic E-state index is 0.00333. The van der Waals surface area contributed by atoms with Gasteiger partial charge in [0.25, 0.3) is 0 Å². The van der Waals surface area contributed by atoms with Gasteiger partial charge in [-0.1, -0.05) is 56.3 Å². The van der Waals surface area contributed by atoms with Gasteiger partial charge >= 0.3 is 0 Å². The third-order valence-corrected chi connectivity index (χ3v) is 3.48. The summed E-state index contributed by atoms with van der Waals surface area (Å²) in [6.45, 7) is 4.77. The monoisotopic (exact) mass is 282 g/mol. The van der Waals surface area contributed by atoms with Crippen LogP contribution >= 0.6 is 0 Å². The summed E-state index contributed by atoms with van der Waals surface area (Å²) in [5, 5.41) is 3.01. The lowest BCUT2D eigenvalue weighted by atomic mass is 10.0. The van der Waals surface area contributed by atoms with Gasteiger partial charge in [0, 0.05) is 12.2 Å². The highest BCUT2D eigenvalue weighted by Crippen LogP contribution is 2.23. The Balaban J connectivity index is 2.04. The molecule has 0 bridgehead atoms. The summed E-state index contributed by atoms with van der Waals surface area (Å²) < 4.78 is 0. The van der Waals surface area contributed by atoms with E-state index in [9.17, 15) is 4.79 Å². The molecule has 0 spiro atoms. The summed E-state index contributed by atoms with van der Waals surface area (Å²) in [5.41, 5.74) is 9.69. The van der Waals surface area contributed by atoms with Crippen LogP contribution in [-0.2, 0) is 17.8 Å². The second-order valence-electron chi connectivity index (χ2n) is 5.49. The minimum atomic E-state index is 0.00333. The van der Waals surface area contributed by atoms with Gasteiger partial charge < -0.3 is 11.1 Å². The first-order valence-electron chi connectivity index (χ1n) is 7.27. The average Bonchev–Trinajstić information content (AvgIpc) is 2.48. The normalized spacial score (nSPS) is 10.7. The molecule has 0 heterocycles. The van der Waals surface area contributed by atoms with Gasteiger partial charge in [-0.05, 0) is 28.7 Å². The summed E-state index contributed by atoms with van der Waals surface area (Å²) in [6, 6.07) is 15.8. The second kappa shape index (κ2) is 7.04. The molecule has 0 saturated heterocycles. The average molecular weight is 282 g/mol. The van der Waals surface area contributed by atoms with Gasteiger partial charge in [0.05, 0.1) is 6.42 Å². The van der Waals surface area contributed by atoms with Crippen LogP contribution in [0.25, 0.3) is 0 Å². The third-order valence-electron chi connectivity index (χ3n) is 3.48. The number of benzene rings is 2. The Morgan fingerprint density at radius 2 is 1.67 bits per heavy atom. The molecule has 3 N–H and O–H groups in total. The van der Waals surface area contributed by atoms with Crippen molar-refractivity contribution < 1.29 is 4.79 Å². The molecule has 1 amide bonds. The van der Waals surface area contributed by atoms with Crippen molar-refractivity contribution in [3.8, 4) is 0 Å². The molecule has 3 nitrogen and oxygen atoms in total. The van der Waals surface area contributed by atoms with Crippen LogP contribution in [0.3, 0.4) is 0 Å². The first kappa shape index (κ1) is 15.3. The van der Waals surface area contributed by atoms with Gasteiger partial charge in [-0.15, -0.1) is 0 Å². The number of para-hydroxylation sites is 1. The van der Waals surface area contributed by atoms with Crippen LogP contribution < -0.4 is 11.1 Å². The maximum atomic E-state index is 12.2. The molecule has 2 aromatic carbocycles. The molecule has 0 radical (unpaired) electrons. The fourth-order valence-corrected chi connectivity index (χ4v) is 2.29. The van der Waals surface area contributed by atoms with E-state index in [0.717, 1.165) is 22.4 Å². The Bertz CT molecular complexity index is 603. The zero-order valence-corrected chi connectivity index (χ0v) is 12.6. The Hall–Kier alpha value is -2.13. The van der Waals surface area contributed by atoms with Gasteiger partial charge in [0.2, 0.25) is 5.91 Å². The number of carbonyl (C=O) groups is 1. The van der Waals surface area contributed by atoms with E-state index in [2.05, 4.69) is 25.2 Å². The van der Waals surface area contributed by atoms with Crippen LogP contribution in [0.4, 0.5) is 5.69 Å². The fourth-order valence-electron chi connectivity index (χ4n) is 2.29. The van der Waals surface area contributed by atoms with Gasteiger partial charge in [0.15, 0.2) is 0 Å². The maximum Gasteiger partial charge on any atom is 0.228 e. The molecule has 0 saturated carbocycles. The lowest BCUT2D eigenvalue weighted by Crippen LogP contribution is -2.16. The maximum absolute atomic E-state index is 12.2. The number of carbonyl (C=O) groups excluding carboxylic acids is 1. The molecule has 0 aliphatic heterocycles. The largest absolute Gasteiger partial charge is 0.326 e. The summed E-state index contributed by atoms with van der Waals surface area (Å²) in [6.07, 6.45) is 0.372. The summed E-state index contributed by atoms with van der Waals surface area (Å²) in [7, 11) is 0. The van der Waals surface area contributed by atoms with Crippen molar-refractivity contribution in [3.05, 3.63) is 65.2 Å². The van der Waals surface area contributed by atoms with Crippen LogP contribution in [0, 0.1) is 0 Å². The van der Waals surface area contributed by atoms with Crippen molar-refractivity contribution in [2.45, 2.75) is 32.7 Å². The summed E-state index contributed by atoms with van der Waals surface area (Å²) >= 11 is 0. The van der Waals surface area contributed by atoms with Crippen molar-refractivity contribution in [1.29, 1.82) is 0 Å². The van der Waals surface area contributed by atoms with Crippen LogP contribution in [-0.4, -0.2) is 5.91 Å². The molecule has 2 rings (SSSR count). The molecular weight excluding hydrogens is 260 g/mol. The molecule has 0 aliphatic carbocycles. The lowest BCUT2D eigenvalue weighted by molar-refractivity contribution is -0.115. The van der Waals surface area contributed by atoms with Crippen molar-refractivity contribution in [2.75, 3.05) is 5.32 Å². The van der Waals surface area contributed by atoms with Crippen molar-refractivity contribution in [1.82, 2.24) is 0 Å². The minimum Gasteiger partial charge on any atom is -0.326 e. The number of anilines is 1. The SMILES string of the molecule is CC(C)c1ccccc1NC(=O)Cc1ccc(CN)cc1. The van der Waals surface area contributed by atoms with Crippen LogP contribution in [0.15, 0.2) is 48.5 Å². The fraction of sp³-hybridized carbons (Fsp3) is 0.278. The first-order chi connectivity index (χ1) is 10.1. The van der Waals surface area contributed by atoms with Gasteiger partial charge in [0.1, 0.15) is 0 Å². The molecule has 0 unspecified atom stereocenters. The molecule has 21 heavy (non-hydrogen) atoms. The van der Waals surface area contributed by atoms with E-state index in [1.165, 1.54) is 0 Å². The van der Waals surface area contributed by atoms with E-state index < -0.39 is 0 Å². The standard InChI is InChI=1S/C18H22N2O/c1-13(2)16-5-3-4-6-17(16)20-18(21)11-14-7-9-15(12-19)10-8-14/h3-10,13H,11-12,19H2,1-2H3,(H,20,21). The van der Waals surface area contributed by atoms with Gasteiger partial charge in [-0.25, -0.2) is 0 Å². The molecule has 0 aromatic heterocycles. The summed E-state index contributed by atoms with van der Waals surface area (Å²) in [5.74, 6) is 0.383. The highest BCUT2D eigenvalue weighted by molar-refractivity contribution is 5.93. The van der Waals surface area contributed by atoms with E-state index >= 15 is 0 Å². The smallest absolute Gasteiger partial charge is 0.228 e. The quantitative estimate of drug-likeness (QED) is 0.882. The number of nitrogens with two attached hydrogens (primary N) is 1. The predicted octanol–water partition coefficient (Wildman–Crippen LogP) is 3.45. The number of amides is 1. The number of rotatable bonds is 5. The van der Waals surface area contributed by atoms with Crippen molar-refractivity contribution in [2.24, 2.45) is 5.73 Å². The highest BCUT2D eigenvalue weighted by atomic mass is 16.1. The van der Waals surface area contributed by atoms with Crippen LogP contribution in [0.1, 0.15) is 36.5 Å². The zero-order chi connectivity index (χ0) is 15.2. The second-order valence-corrected chi connectivity index (χ2v) is 5.49. The van der Waals surface area contributed by atoms with E-state index in [0.29, 0.717) is 18.9 Å². The molecule has 0 fully saturated rings. The zero-order valence-electron chi connectivity index (χ0n) is 12.6. The molecule has 110 valence electrons. The van der Waals surface area contributed by atoms with E-state index in [1.54, 1.807) is 0 Å². The highest BCUT2D eigenvalue weighted by Gasteiger charge is 2.09. The Labute approximate surface area is 126 Å². The molecule has 0 aliphatic rings. The lowest BCUT2D eigenvalue weighted by Gasteiger charge is -2.13. The third kappa shape index (κ3) is 4.17. The molecule has 3 heteroatoms. The Kier molecular flexibility index (Phi) is 5.12.